The van der Waals surface area contributed by atoms with E-state index in [4.69, 9.17) is 27.0 Å². The maximum Gasteiger partial charge on any atom is 0.255 e. The summed E-state index contributed by atoms with van der Waals surface area (Å²) in [6.07, 6.45) is 4.47. The maximum atomic E-state index is 13.3. The Morgan fingerprint density at radius 2 is 1.61 bits per heavy atom. The zero-order chi connectivity index (χ0) is 23.4. The van der Waals surface area contributed by atoms with Gasteiger partial charge in [-0.2, -0.15) is 0 Å². The molecule has 0 spiro atoms. The summed E-state index contributed by atoms with van der Waals surface area (Å²) < 4.78 is 7.42. The molecule has 1 fully saturated rings. The van der Waals surface area contributed by atoms with Crippen LogP contribution in [-0.2, 0) is 17.7 Å². The lowest BCUT2D eigenvalue weighted by Gasteiger charge is -2.27. The highest BCUT2D eigenvalue weighted by atomic mass is 16.5. The van der Waals surface area contributed by atoms with E-state index < -0.39 is 0 Å². The molecule has 0 saturated carbocycles. The Hall–Kier alpha value is -3.91. The molecule has 1 aliphatic rings. The molecule has 1 saturated heterocycles. The zero-order valence-corrected chi connectivity index (χ0v) is 18.4. The molecule has 33 heavy (non-hydrogen) atoms. The molecule has 0 aliphatic carbocycles. The van der Waals surface area contributed by atoms with Crippen LogP contribution in [0.3, 0.4) is 0 Å². The smallest absolute Gasteiger partial charge is 0.255 e. The van der Waals surface area contributed by atoms with Crippen molar-refractivity contribution in [1.29, 1.82) is 10.8 Å². The molecule has 8 heteroatoms. The predicted octanol–water partition coefficient (Wildman–Crippen LogP) is 2.17. The SMILES string of the molecule is N=C(N)c1ccc(Cn2cc(Cc3cccc(C(=N)N)c3)c(C(=O)N3CCOCC3)c2)cc1. The number of amidine groups is 2. The van der Waals surface area contributed by atoms with Gasteiger partial charge in [-0.15, -0.1) is 0 Å². The second kappa shape index (κ2) is 9.70. The zero-order valence-electron chi connectivity index (χ0n) is 18.4. The third-order valence-corrected chi connectivity index (χ3v) is 5.75. The molecule has 1 aromatic heterocycles. The number of benzene rings is 2. The summed E-state index contributed by atoms with van der Waals surface area (Å²) in [5.41, 5.74) is 16.2. The molecule has 0 unspecified atom stereocenters. The molecular formula is C25H28N6O2. The summed E-state index contributed by atoms with van der Waals surface area (Å²) >= 11 is 0. The fourth-order valence-corrected chi connectivity index (χ4v) is 3.99. The summed E-state index contributed by atoms with van der Waals surface area (Å²) in [7, 11) is 0. The van der Waals surface area contributed by atoms with Gasteiger partial charge in [0.1, 0.15) is 11.7 Å². The molecular weight excluding hydrogens is 416 g/mol. The van der Waals surface area contributed by atoms with Crippen molar-refractivity contribution in [2.24, 2.45) is 11.5 Å². The third kappa shape index (κ3) is 5.30. The van der Waals surface area contributed by atoms with Crippen molar-refractivity contribution in [1.82, 2.24) is 9.47 Å². The van der Waals surface area contributed by atoms with E-state index in [0.29, 0.717) is 56.0 Å². The Morgan fingerprint density at radius 1 is 0.909 bits per heavy atom. The average molecular weight is 445 g/mol. The molecule has 0 bridgehead atoms. The van der Waals surface area contributed by atoms with Crippen molar-refractivity contribution in [3.8, 4) is 0 Å². The van der Waals surface area contributed by atoms with E-state index in [1.165, 1.54) is 0 Å². The topological polar surface area (TPSA) is 134 Å². The van der Waals surface area contributed by atoms with Gasteiger partial charge >= 0.3 is 0 Å². The second-order valence-electron chi connectivity index (χ2n) is 8.18. The van der Waals surface area contributed by atoms with Crippen LogP contribution in [0.5, 0.6) is 0 Å². The molecule has 3 aromatic rings. The Labute approximate surface area is 192 Å². The molecule has 0 atom stereocenters. The molecule has 6 N–H and O–H groups in total. The largest absolute Gasteiger partial charge is 0.384 e. The quantitative estimate of drug-likeness (QED) is 0.328. The van der Waals surface area contributed by atoms with Gasteiger partial charge in [0.2, 0.25) is 0 Å². The number of nitrogens with one attached hydrogen (secondary N) is 2. The first-order chi connectivity index (χ1) is 15.9. The van der Waals surface area contributed by atoms with Crippen molar-refractivity contribution in [3.63, 3.8) is 0 Å². The van der Waals surface area contributed by atoms with Crippen molar-refractivity contribution in [3.05, 3.63) is 94.3 Å². The molecule has 2 heterocycles. The number of amides is 1. The molecule has 170 valence electrons. The third-order valence-electron chi connectivity index (χ3n) is 5.75. The standard InChI is InChI=1S/C25H28N6O2/c26-23(27)19-6-4-17(5-7-19)14-30-15-21(13-18-2-1-3-20(12-18)24(28)29)22(16-30)25(32)31-8-10-33-11-9-31/h1-7,12,15-16H,8-11,13-14H2,(H3,26,27)(H3,28,29). The van der Waals surface area contributed by atoms with Crippen LogP contribution >= 0.6 is 0 Å². The fraction of sp³-hybridized carbons (Fsp3) is 0.240. The number of carbonyl (C=O) groups excluding carboxylic acids is 1. The molecule has 1 amide bonds. The van der Waals surface area contributed by atoms with Crippen LogP contribution in [0, 0.1) is 10.8 Å². The summed E-state index contributed by atoms with van der Waals surface area (Å²) in [5, 5.41) is 15.3. The van der Waals surface area contributed by atoms with Crippen LogP contribution in [0.2, 0.25) is 0 Å². The summed E-state index contributed by atoms with van der Waals surface area (Å²) in [4.78, 5) is 15.2. The molecule has 4 rings (SSSR count). The summed E-state index contributed by atoms with van der Waals surface area (Å²) in [6.45, 7) is 2.84. The molecule has 0 radical (unpaired) electrons. The number of nitrogens with zero attached hydrogens (tertiary/aromatic N) is 2. The van der Waals surface area contributed by atoms with Crippen molar-refractivity contribution < 1.29 is 9.53 Å². The van der Waals surface area contributed by atoms with E-state index in [0.717, 1.165) is 16.7 Å². The molecule has 2 aromatic carbocycles. The first-order valence-corrected chi connectivity index (χ1v) is 10.8. The van der Waals surface area contributed by atoms with Gasteiger partial charge in [-0.3, -0.25) is 15.6 Å². The van der Waals surface area contributed by atoms with E-state index in [2.05, 4.69) is 0 Å². The highest BCUT2D eigenvalue weighted by Crippen LogP contribution is 2.21. The predicted molar refractivity (Wildman–Crippen MR) is 128 cm³/mol. The van der Waals surface area contributed by atoms with E-state index in [9.17, 15) is 4.79 Å². The van der Waals surface area contributed by atoms with Crippen LogP contribution in [0.1, 0.15) is 38.2 Å². The van der Waals surface area contributed by atoms with E-state index in [1.807, 2.05) is 70.4 Å². The van der Waals surface area contributed by atoms with E-state index in [-0.39, 0.29) is 17.6 Å². The fourth-order valence-electron chi connectivity index (χ4n) is 3.99. The first-order valence-electron chi connectivity index (χ1n) is 10.8. The summed E-state index contributed by atoms with van der Waals surface area (Å²) in [5.74, 6) is 0.0609. The number of morpholine rings is 1. The number of hydrogen-bond donors (Lipinski definition) is 4. The van der Waals surface area contributed by atoms with Gasteiger partial charge in [-0.25, -0.2) is 0 Å². The lowest BCUT2D eigenvalue weighted by Crippen LogP contribution is -2.40. The van der Waals surface area contributed by atoms with Gasteiger partial charge < -0.3 is 25.7 Å². The summed E-state index contributed by atoms with van der Waals surface area (Å²) in [6, 6.07) is 15.1. The Kier molecular flexibility index (Phi) is 6.55. The lowest BCUT2D eigenvalue weighted by molar-refractivity contribution is 0.0302. The minimum atomic E-state index is 0.00157. The number of rotatable bonds is 7. The lowest BCUT2D eigenvalue weighted by atomic mass is 10.0. The van der Waals surface area contributed by atoms with Gasteiger partial charge in [0, 0.05) is 43.2 Å². The van der Waals surface area contributed by atoms with Crippen molar-refractivity contribution in [2.45, 2.75) is 13.0 Å². The molecule has 1 aliphatic heterocycles. The van der Waals surface area contributed by atoms with Crippen LogP contribution in [-0.4, -0.2) is 53.3 Å². The number of nitrogens with two attached hydrogens (primary N) is 2. The Bertz CT molecular complexity index is 1180. The number of nitrogen functional groups attached to an aromatic ring is 2. The number of hydrogen-bond acceptors (Lipinski definition) is 4. The van der Waals surface area contributed by atoms with E-state index >= 15 is 0 Å². The molecule has 8 nitrogen and oxygen atoms in total. The maximum absolute atomic E-state index is 13.3. The van der Waals surface area contributed by atoms with Crippen LogP contribution in [0.25, 0.3) is 0 Å². The highest BCUT2D eigenvalue weighted by molar-refractivity contribution is 5.96. The van der Waals surface area contributed by atoms with Gasteiger partial charge in [0.25, 0.3) is 5.91 Å². The highest BCUT2D eigenvalue weighted by Gasteiger charge is 2.23. The van der Waals surface area contributed by atoms with Gasteiger partial charge in [-0.1, -0.05) is 42.5 Å². The minimum Gasteiger partial charge on any atom is -0.384 e. The normalized spacial score (nSPS) is 13.6. The average Bonchev–Trinajstić information content (AvgIpc) is 3.21. The van der Waals surface area contributed by atoms with Crippen LogP contribution < -0.4 is 11.5 Å². The van der Waals surface area contributed by atoms with Gasteiger partial charge in [0.15, 0.2) is 0 Å². The Morgan fingerprint density at radius 3 is 2.27 bits per heavy atom. The van der Waals surface area contributed by atoms with Gasteiger partial charge in [-0.05, 0) is 29.2 Å². The minimum absolute atomic E-state index is 0.00157. The van der Waals surface area contributed by atoms with Crippen LogP contribution in [0.15, 0.2) is 60.9 Å². The number of aromatic nitrogens is 1. The van der Waals surface area contributed by atoms with E-state index in [1.54, 1.807) is 0 Å². The number of carbonyl (C=O) groups is 1. The van der Waals surface area contributed by atoms with Gasteiger partial charge in [0.05, 0.1) is 18.8 Å². The number of ether oxygens (including phenoxy) is 1. The first kappa shape index (κ1) is 22.3. The second-order valence-corrected chi connectivity index (χ2v) is 8.18. The monoisotopic (exact) mass is 444 g/mol. The van der Waals surface area contributed by atoms with Crippen LogP contribution in [0.4, 0.5) is 0 Å². The van der Waals surface area contributed by atoms with Crippen molar-refractivity contribution in [2.75, 3.05) is 26.3 Å². The van der Waals surface area contributed by atoms with Crippen molar-refractivity contribution >= 4 is 17.6 Å². The Balaban J connectivity index is 1.63.